The smallest absolute Gasteiger partial charge is 0.235 e. The van der Waals surface area contributed by atoms with Crippen molar-refractivity contribution in [3.05, 3.63) is 39.9 Å². The Bertz CT molecular complexity index is 521. The van der Waals surface area contributed by atoms with Crippen molar-refractivity contribution >= 4 is 57.4 Å². The van der Waals surface area contributed by atoms with Crippen molar-refractivity contribution in [2.75, 3.05) is 6.54 Å². The Hall–Kier alpha value is 0.844. The third-order valence-electron chi connectivity index (χ3n) is 2.76. The fraction of sp³-hybridized carbons (Fsp3) is 0.308. The van der Waals surface area contributed by atoms with Crippen molar-refractivity contribution in [1.82, 2.24) is 4.90 Å². The van der Waals surface area contributed by atoms with E-state index in [1.54, 1.807) is 17.0 Å². The second kappa shape index (κ2) is 7.74. The van der Waals surface area contributed by atoms with Crippen molar-refractivity contribution in [2.24, 2.45) is 0 Å². The maximum atomic E-state index is 12.1. The number of carbonyl (C=O) groups is 1. The summed E-state index contributed by atoms with van der Waals surface area (Å²) in [6, 6.07) is 5.28. The van der Waals surface area contributed by atoms with Crippen LogP contribution in [0.25, 0.3) is 5.70 Å². The van der Waals surface area contributed by atoms with Gasteiger partial charge in [0.1, 0.15) is 0 Å². The zero-order chi connectivity index (χ0) is 13.3. The van der Waals surface area contributed by atoms with Gasteiger partial charge in [0.2, 0.25) is 5.91 Å². The number of rotatable bonds is 2. The van der Waals surface area contributed by atoms with Crippen LogP contribution in [0.1, 0.15) is 18.9 Å². The molecule has 0 N–H and O–H groups in total. The van der Waals surface area contributed by atoms with Crippen LogP contribution in [0.15, 0.2) is 18.2 Å². The molecule has 19 heavy (non-hydrogen) atoms. The molecule has 0 aromatic heterocycles. The normalized spacial score (nSPS) is 18.9. The van der Waals surface area contributed by atoms with Crippen molar-refractivity contribution in [2.45, 2.75) is 17.3 Å². The number of halogens is 3. The summed E-state index contributed by atoms with van der Waals surface area (Å²) in [4.78, 5) is 13.8. The van der Waals surface area contributed by atoms with Crippen molar-refractivity contribution in [1.29, 1.82) is 0 Å². The molecule has 0 aliphatic carbocycles. The summed E-state index contributed by atoms with van der Waals surface area (Å²) < 4.78 is -0.0441. The Morgan fingerprint density at radius 3 is 2.74 bits per heavy atom. The van der Waals surface area contributed by atoms with E-state index in [-0.39, 0.29) is 42.5 Å². The number of hydrogen-bond donors (Lipinski definition) is 0. The van der Waals surface area contributed by atoms with Crippen molar-refractivity contribution in [3.63, 3.8) is 0 Å². The second-order valence-corrected chi connectivity index (χ2v) is 6.25. The minimum Gasteiger partial charge on any atom is -0.347 e. The average Bonchev–Trinajstić information content (AvgIpc) is 2.33. The summed E-state index contributed by atoms with van der Waals surface area (Å²) in [5.74, 6) is 0.109. The van der Waals surface area contributed by atoms with Crippen LogP contribution in [0, 0.1) is 6.08 Å². The molecule has 1 radical (unpaired) electrons. The topological polar surface area (TPSA) is 20.3 Å². The third-order valence-corrected chi connectivity index (χ3v) is 4.28. The van der Waals surface area contributed by atoms with E-state index < -0.39 is 0 Å². The van der Waals surface area contributed by atoms with Crippen LogP contribution in [0.4, 0.5) is 0 Å². The van der Waals surface area contributed by atoms with Gasteiger partial charge in [-0.15, -0.1) is 28.9 Å². The average molecular weight is 484 g/mol. The van der Waals surface area contributed by atoms with Gasteiger partial charge in [-0.2, -0.15) is 0 Å². The predicted octanol–water partition coefficient (Wildman–Crippen LogP) is 4.19. The molecular weight excluding hydrogens is 473 g/mol. The Kier molecular flexibility index (Phi) is 7.29. The van der Waals surface area contributed by atoms with E-state index in [2.05, 4.69) is 28.7 Å². The molecule has 1 aliphatic rings. The third kappa shape index (κ3) is 3.94. The van der Waals surface area contributed by atoms with Crippen molar-refractivity contribution in [3.8, 4) is 0 Å². The number of hydrogen-bond acceptors (Lipinski definition) is 1. The van der Waals surface area contributed by atoms with E-state index in [9.17, 15) is 4.79 Å². The Morgan fingerprint density at radius 2 is 2.16 bits per heavy atom. The molecule has 1 heterocycles. The molecule has 1 aromatic rings. The first-order valence-corrected chi connectivity index (χ1v) is 7.56. The molecule has 99 valence electrons. The molecule has 1 amide bonds. The Labute approximate surface area is 161 Å². The van der Waals surface area contributed by atoms with Crippen LogP contribution in [0.2, 0.25) is 10.0 Å². The largest absolute Gasteiger partial charge is 0.347 e. The number of nitrogens with zero attached hydrogens (tertiary/aromatic N) is 1. The SMILES string of the molecule is CCN1C(=O)C(I)C[C-]=C1c1ccc(Cl)cc1Cl.[Y]. The standard InChI is InChI=1S/C13H11Cl2INO.Y/c1-2-17-12(6-5-11(16)13(17)18)9-4-3-8(14)7-10(9)15;/h3-4,7,11H,2,5H2,1H3;/q-1;. The molecule has 6 heteroatoms. The van der Waals surface area contributed by atoms with E-state index in [1.165, 1.54) is 0 Å². The van der Waals surface area contributed by atoms with E-state index in [0.29, 0.717) is 23.0 Å². The van der Waals surface area contributed by atoms with Crippen LogP contribution < -0.4 is 0 Å². The molecule has 1 aromatic carbocycles. The van der Waals surface area contributed by atoms with Gasteiger partial charge in [-0.25, -0.2) is 6.08 Å². The van der Waals surface area contributed by atoms with Crippen LogP contribution in [-0.2, 0) is 37.5 Å². The molecule has 0 fully saturated rings. The zero-order valence-electron chi connectivity index (χ0n) is 10.3. The van der Waals surface area contributed by atoms with E-state index in [0.717, 1.165) is 11.3 Å². The summed E-state index contributed by atoms with van der Waals surface area (Å²) >= 11 is 14.2. The van der Waals surface area contributed by atoms with Gasteiger partial charge in [0.05, 0.1) is 3.92 Å². The summed E-state index contributed by atoms with van der Waals surface area (Å²) in [5, 5.41) is 1.13. The Morgan fingerprint density at radius 1 is 1.47 bits per heavy atom. The van der Waals surface area contributed by atoms with Crippen molar-refractivity contribution < 1.29 is 37.5 Å². The maximum Gasteiger partial charge on any atom is 0.235 e. The first kappa shape index (κ1) is 17.9. The number of benzene rings is 1. The molecule has 1 atom stereocenters. The van der Waals surface area contributed by atoms with E-state index >= 15 is 0 Å². The monoisotopic (exact) mass is 483 g/mol. The minimum atomic E-state index is -0.0441. The molecule has 2 rings (SSSR count). The van der Waals surface area contributed by atoms with Gasteiger partial charge in [-0.3, -0.25) is 4.79 Å². The number of allylic oxidation sites excluding steroid dienone is 1. The summed E-state index contributed by atoms with van der Waals surface area (Å²) in [6.07, 6.45) is 3.88. The summed E-state index contributed by atoms with van der Waals surface area (Å²) in [5.41, 5.74) is 1.57. The molecular formula is C13H11Cl2INOY-. The first-order chi connectivity index (χ1) is 8.54. The molecule has 0 bridgehead atoms. The van der Waals surface area contributed by atoms with Crippen LogP contribution in [0.3, 0.4) is 0 Å². The molecule has 2 nitrogen and oxygen atoms in total. The predicted molar refractivity (Wildman–Crippen MR) is 82.9 cm³/mol. The molecule has 0 spiro atoms. The van der Waals surface area contributed by atoms with Gasteiger partial charge < -0.3 is 4.90 Å². The van der Waals surface area contributed by atoms with Gasteiger partial charge in [-0.1, -0.05) is 46.7 Å². The summed E-state index contributed by atoms with van der Waals surface area (Å²) in [7, 11) is 0. The first-order valence-electron chi connectivity index (χ1n) is 5.56. The second-order valence-electron chi connectivity index (χ2n) is 3.90. The number of amides is 1. The van der Waals surface area contributed by atoms with Crippen LogP contribution in [0.5, 0.6) is 0 Å². The van der Waals surface area contributed by atoms with E-state index in [1.807, 2.05) is 13.0 Å². The van der Waals surface area contributed by atoms with Gasteiger partial charge >= 0.3 is 0 Å². The molecule has 1 aliphatic heterocycles. The fourth-order valence-corrected chi connectivity index (χ4v) is 2.94. The minimum absolute atomic E-state index is 0. The summed E-state index contributed by atoms with van der Waals surface area (Å²) in [6.45, 7) is 2.55. The van der Waals surface area contributed by atoms with Gasteiger partial charge in [-0.05, 0) is 18.0 Å². The van der Waals surface area contributed by atoms with Gasteiger partial charge in [0, 0.05) is 44.3 Å². The molecule has 0 saturated carbocycles. The van der Waals surface area contributed by atoms with Gasteiger partial charge in [0.25, 0.3) is 0 Å². The number of alkyl halides is 1. The van der Waals surface area contributed by atoms with Gasteiger partial charge in [0.15, 0.2) is 0 Å². The molecule has 0 saturated heterocycles. The fourth-order valence-electron chi connectivity index (χ4n) is 1.88. The van der Waals surface area contributed by atoms with Crippen LogP contribution in [-0.4, -0.2) is 21.3 Å². The quantitative estimate of drug-likeness (QED) is 0.351. The zero-order valence-corrected chi connectivity index (χ0v) is 16.8. The van der Waals surface area contributed by atoms with E-state index in [4.69, 9.17) is 23.2 Å². The maximum absolute atomic E-state index is 12.1. The Balaban J connectivity index is 0.00000180. The number of carbonyl (C=O) groups excluding carboxylic acids is 1. The molecule has 1 unspecified atom stereocenters. The van der Waals surface area contributed by atoms with Crippen LogP contribution >= 0.6 is 45.8 Å².